The van der Waals surface area contributed by atoms with E-state index in [1.807, 2.05) is 31.2 Å². The van der Waals surface area contributed by atoms with Gasteiger partial charge in [0.25, 0.3) is 0 Å². The van der Waals surface area contributed by atoms with Crippen LogP contribution in [0.15, 0.2) is 29.3 Å². The Labute approximate surface area is 175 Å². The Morgan fingerprint density at radius 2 is 1.96 bits per heavy atom. The average Bonchev–Trinajstić information content (AvgIpc) is 2.89. The van der Waals surface area contributed by atoms with Gasteiger partial charge in [0, 0.05) is 24.9 Å². The van der Waals surface area contributed by atoms with Crippen LogP contribution in [0, 0.1) is 13.8 Å². The number of aliphatic imine (C=N–C) groups is 1. The quantitative estimate of drug-likeness (QED) is 0.266. The van der Waals surface area contributed by atoms with Crippen LogP contribution >= 0.6 is 46.9 Å². The fourth-order valence-electron chi connectivity index (χ4n) is 2.05. The van der Waals surface area contributed by atoms with E-state index in [4.69, 9.17) is 16.3 Å². The van der Waals surface area contributed by atoms with Gasteiger partial charge in [-0.15, -0.1) is 35.3 Å². The van der Waals surface area contributed by atoms with Crippen molar-refractivity contribution in [3.8, 4) is 5.75 Å². The molecule has 0 fully saturated rings. The summed E-state index contributed by atoms with van der Waals surface area (Å²) in [4.78, 5) is 10.0. The number of ether oxygens (including phenoxy) is 1. The molecule has 0 atom stereocenters. The van der Waals surface area contributed by atoms with Gasteiger partial charge in [0.1, 0.15) is 12.4 Å². The van der Waals surface area contributed by atoms with Gasteiger partial charge in [-0.3, -0.25) is 4.99 Å². The molecule has 0 saturated carbocycles. The van der Waals surface area contributed by atoms with Gasteiger partial charge in [0.2, 0.25) is 0 Å². The first kappa shape index (κ1) is 22.0. The second kappa shape index (κ2) is 11.5. The molecule has 8 heteroatoms. The molecule has 1 aromatic carbocycles. The number of hydrogen-bond donors (Lipinski definition) is 2. The van der Waals surface area contributed by atoms with Crippen molar-refractivity contribution >= 4 is 52.9 Å². The molecule has 2 aromatic rings. The maximum Gasteiger partial charge on any atom is 0.191 e. The van der Waals surface area contributed by atoms with Crippen LogP contribution in [0.3, 0.4) is 0 Å². The largest absolute Gasteiger partial charge is 0.490 e. The van der Waals surface area contributed by atoms with E-state index in [1.54, 1.807) is 18.4 Å². The highest BCUT2D eigenvalue weighted by molar-refractivity contribution is 14.0. The minimum Gasteiger partial charge on any atom is -0.490 e. The van der Waals surface area contributed by atoms with Gasteiger partial charge in [-0.2, -0.15) is 0 Å². The minimum atomic E-state index is 0. The number of hydrogen-bond acceptors (Lipinski definition) is 4. The number of guanidine groups is 1. The highest BCUT2D eigenvalue weighted by Gasteiger charge is 2.04. The van der Waals surface area contributed by atoms with Crippen molar-refractivity contribution in [1.82, 2.24) is 15.6 Å². The van der Waals surface area contributed by atoms with Crippen LogP contribution in [0.2, 0.25) is 5.02 Å². The highest BCUT2D eigenvalue weighted by atomic mass is 127. The third-order valence-electron chi connectivity index (χ3n) is 3.42. The fourth-order valence-corrected chi connectivity index (χ4v) is 3.17. The first-order chi connectivity index (χ1) is 11.6. The molecule has 138 valence electrons. The normalized spacial score (nSPS) is 11.0. The molecular weight excluding hydrogens is 471 g/mol. The SMILES string of the molecule is CN=C(NCCOc1ccccc1Cl)NCCc1nc(C)c(C)s1.I. The number of para-hydroxylation sites is 1. The summed E-state index contributed by atoms with van der Waals surface area (Å²) < 4.78 is 5.64. The maximum atomic E-state index is 6.05. The number of aryl methyl sites for hydroxylation is 2. The van der Waals surface area contributed by atoms with Gasteiger partial charge < -0.3 is 15.4 Å². The summed E-state index contributed by atoms with van der Waals surface area (Å²) in [6.07, 6.45) is 0.885. The molecule has 0 unspecified atom stereocenters. The summed E-state index contributed by atoms with van der Waals surface area (Å²) in [5.41, 5.74) is 1.12. The number of halogens is 2. The van der Waals surface area contributed by atoms with Gasteiger partial charge in [-0.25, -0.2) is 4.98 Å². The molecule has 0 radical (unpaired) electrons. The number of aromatic nitrogens is 1. The molecule has 5 nitrogen and oxygen atoms in total. The molecule has 1 aromatic heterocycles. The van der Waals surface area contributed by atoms with E-state index in [0.29, 0.717) is 23.9 Å². The Morgan fingerprint density at radius 1 is 1.24 bits per heavy atom. The molecule has 25 heavy (non-hydrogen) atoms. The second-order valence-corrected chi connectivity index (χ2v) is 6.90. The van der Waals surface area contributed by atoms with Crippen molar-refractivity contribution in [3.63, 3.8) is 0 Å². The lowest BCUT2D eigenvalue weighted by atomic mass is 10.3. The zero-order chi connectivity index (χ0) is 17.4. The van der Waals surface area contributed by atoms with E-state index in [2.05, 4.69) is 27.5 Å². The number of benzene rings is 1. The van der Waals surface area contributed by atoms with Crippen molar-refractivity contribution in [2.45, 2.75) is 20.3 Å². The molecule has 0 aliphatic heterocycles. The van der Waals surface area contributed by atoms with Crippen molar-refractivity contribution in [2.24, 2.45) is 4.99 Å². The predicted octanol–water partition coefficient (Wildman–Crippen LogP) is 3.82. The zero-order valence-corrected chi connectivity index (χ0v) is 18.5. The lowest BCUT2D eigenvalue weighted by Crippen LogP contribution is -2.40. The smallest absolute Gasteiger partial charge is 0.191 e. The van der Waals surface area contributed by atoms with E-state index < -0.39 is 0 Å². The van der Waals surface area contributed by atoms with Crippen molar-refractivity contribution in [3.05, 3.63) is 44.9 Å². The fraction of sp³-hybridized carbons (Fsp3) is 0.412. The molecule has 2 rings (SSSR count). The molecule has 0 bridgehead atoms. The van der Waals surface area contributed by atoms with Gasteiger partial charge in [0.15, 0.2) is 5.96 Å². The lowest BCUT2D eigenvalue weighted by molar-refractivity contribution is 0.322. The van der Waals surface area contributed by atoms with Gasteiger partial charge in [0.05, 0.1) is 22.3 Å². The van der Waals surface area contributed by atoms with Crippen LogP contribution in [0.5, 0.6) is 5.75 Å². The molecule has 0 aliphatic rings. The molecule has 0 spiro atoms. The summed E-state index contributed by atoms with van der Waals surface area (Å²) in [6, 6.07) is 7.45. The van der Waals surface area contributed by atoms with Crippen LogP contribution in [0.1, 0.15) is 15.6 Å². The monoisotopic (exact) mass is 494 g/mol. The van der Waals surface area contributed by atoms with E-state index in [0.717, 1.165) is 29.6 Å². The van der Waals surface area contributed by atoms with Gasteiger partial charge in [-0.1, -0.05) is 23.7 Å². The van der Waals surface area contributed by atoms with E-state index >= 15 is 0 Å². The van der Waals surface area contributed by atoms with Crippen LogP contribution in [-0.2, 0) is 6.42 Å². The van der Waals surface area contributed by atoms with Crippen molar-refractivity contribution in [2.75, 3.05) is 26.7 Å². The topological polar surface area (TPSA) is 58.5 Å². The predicted molar refractivity (Wildman–Crippen MR) is 117 cm³/mol. The van der Waals surface area contributed by atoms with Gasteiger partial charge >= 0.3 is 0 Å². The van der Waals surface area contributed by atoms with E-state index in [1.165, 1.54) is 4.88 Å². The molecule has 0 amide bonds. The second-order valence-electron chi connectivity index (χ2n) is 5.20. The van der Waals surface area contributed by atoms with Crippen LogP contribution in [0.25, 0.3) is 0 Å². The Bertz CT molecular complexity index is 674. The first-order valence-corrected chi connectivity index (χ1v) is 9.04. The minimum absolute atomic E-state index is 0. The molecule has 2 N–H and O–H groups in total. The third kappa shape index (κ3) is 7.37. The summed E-state index contributed by atoms with van der Waals surface area (Å²) in [5, 5.41) is 8.26. The average molecular weight is 495 g/mol. The summed E-state index contributed by atoms with van der Waals surface area (Å²) in [7, 11) is 1.75. The lowest BCUT2D eigenvalue weighted by Gasteiger charge is -2.12. The number of rotatable bonds is 7. The summed E-state index contributed by atoms with van der Waals surface area (Å²) in [5.74, 6) is 1.45. The number of nitrogens with one attached hydrogen (secondary N) is 2. The third-order valence-corrected chi connectivity index (χ3v) is 4.86. The number of thiazole rings is 1. The van der Waals surface area contributed by atoms with E-state index in [-0.39, 0.29) is 24.0 Å². The molecule has 0 aliphatic carbocycles. The summed E-state index contributed by atoms with van der Waals surface area (Å²) >= 11 is 7.80. The molecular formula is C17H24ClIN4OS. The van der Waals surface area contributed by atoms with E-state index in [9.17, 15) is 0 Å². The number of nitrogens with zero attached hydrogens (tertiary/aromatic N) is 2. The van der Waals surface area contributed by atoms with Crippen LogP contribution in [-0.4, -0.2) is 37.7 Å². The zero-order valence-electron chi connectivity index (χ0n) is 14.6. The van der Waals surface area contributed by atoms with Crippen molar-refractivity contribution in [1.29, 1.82) is 0 Å². The van der Waals surface area contributed by atoms with Crippen LogP contribution < -0.4 is 15.4 Å². The Hall–Kier alpha value is -1.06. The molecule has 0 saturated heterocycles. The highest BCUT2D eigenvalue weighted by Crippen LogP contribution is 2.22. The Kier molecular flexibility index (Phi) is 10.1. The Morgan fingerprint density at radius 3 is 2.60 bits per heavy atom. The molecule has 1 heterocycles. The maximum absolute atomic E-state index is 6.05. The Balaban J connectivity index is 0.00000312. The van der Waals surface area contributed by atoms with Gasteiger partial charge in [-0.05, 0) is 26.0 Å². The van der Waals surface area contributed by atoms with Crippen LogP contribution in [0.4, 0.5) is 0 Å². The standard InChI is InChI=1S/C17H23ClN4OS.HI/c1-12-13(2)24-16(22-12)8-9-20-17(19-3)21-10-11-23-15-7-5-4-6-14(15)18;/h4-7H,8-11H2,1-3H3,(H2,19,20,21);1H. The van der Waals surface area contributed by atoms with Crippen molar-refractivity contribution < 1.29 is 4.74 Å². The first-order valence-electron chi connectivity index (χ1n) is 7.85. The summed E-state index contributed by atoms with van der Waals surface area (Å²) in [6.45, 7) is 6.08.